The van der Waals surface area contributed by atoms with Crippen LogP contribution in [-0.4, -0.2) is 37.9 Å². The lowest BCUT2D eigenvalue weighted by molar-refractivity contribution is 0.0899. The molecule has 0 aliphatic heterocycles. The molecule has 112 valence electrons. The molecule has 0 bridgehead atoms. The Kier molecular flexibility index (Phi) is 6.31. The van der Waals surface area contributed by atoms with Crippen molar-refractivity contribution in [2.75, 3.05) is 20.8 Å². The fourth-order valence-corrected chi connectivity index (χ4v) is 1.88. The summed E-state index contributed by atoms with van der Waals surface area (Å²) in [6.45, 7) is 4.28. The van der Waals surface area contributed by atoms with E-state index in [1.54, 1.807) is 18.2 Å². The summed E-state index contributed by atoms with van der Waals surface area (Å²) >= 11 is 0. The highest BCUT2D eigenvalue weighted by atomic mass is 16.5. The van der Waals surface area contributed by atoms with Crippen LogP contribution in [0, 0.1) is 5.92 Å². The monoisotopic (exact) mass is 281 g/mol. The second kappa shape index (κ2) is 7.75. The quantitative estimate of drug-likeness (QED) is 0.800. The number of hydrogen-bond donors (Lipinski definition) is 2. The zero-order chi connectivity index (χ0) is 15.1. The molecule has 0 aliphatic rings. The molecule has 0 spiro atoms. The Morgan fingerprint density at radius 3 is 2.20 bits per heavy atom. The van der Waals surface area contributed by atoms with Crippen LogP contribution in [-0.2, 0) is 0 Å². The summed E-state index contributed by atoms with van der Waals surface area (Å²) in [6, 6.07) is 4.96. The Labute approximate surface area is 119 Å². The molecular weight excluding hydrogens is 258 g/mol. The maximum absolute atomic E-state index is 12.0. The van der Waals surface area contributed by atoms with Gasteiger partial charge in [-0.2, -0.15) is 0 Å². The van der Waals surface area contributed by atoms with Crippen molar-refractivity contribution in [1.29, 1.82) is 0 Å². The smallest absolute Gasteiger partial charge is 0.251 e. The van der Waals surface area contributed by atoms with Crippen molar-refractivity contribution in [2.24, 2.45) is 5.92 Å². The van der Waals surface area contributed by atoms with E-state index in [2.05, 4.69) is 5.32 Å². The number of nitrogens with one attached hydrogen (secondary N) is 1. The minimum Gasteiger partial charge on any atom is -0.497 e. The number of hydrogen-bond acceptors (Lipinski definition) is 4. The van der Waals surface area contributed by atoms with E-state index in [-0.39, 0.29) is 12.5 Å². The van der Waals surface area contributed by atoms with Crippen LogP contribution < -0.4 is 14.8 Å². The van der Waals surface area contributed by atoms with Gasteiger partial charge in [-0.1, -0.05) is 13.8 Å². The molecule has 0 fully saturated rings. The van der Waals surface area contributed by atoms with E-state index in [9.17, 15) is 9.90 Å². The van der Waals surface area contributed by atoms with E-state index < -0.39 is 6.10 Å². The van der Waals surface area contributed by atoms with Crippen LogP contribution in [0.15, 0.2) is 18.2 Å². The Hall–Kier alpha value is -1.75. The first kappa shape index (κ1) is 16.3. The highest BCUT2D eigenvalue weighted by Gasteiger charge is 2.12. The lowest BCUT2D eigenvalue weighted by Gasteiger charge is -2.14. The number of ether oxygens (including phenoxy) is 2. The molecule has 0 aliphatic carbocycles. The van der Waals surface area contributed by atoms with Crippen molar-refractivity contribution >= 4 is 5.91 Å². The van der Waals surface area contributed by atoms with Gasteiger partial charge in [0.05, 0.1) is 20.3 Å². The molecule has 1 aromatic carbocycles. The molecule has 0 aromatic heterocycles. The van der Waals surface area contributed by atoms with E-state index in [0.717, 1.165) is 0 Å². The predicted octanol–water partition coefficient (Wildman–Crippen LogP) is 1.84. The number of aliphatic hydroxyl groups is 1. The van der Waals surface area contributed by atoms with Gasteiger partial charge in [0.1, 0.15) is 11.5 Å². The number of benzene rings is 1. The number of aliphatic hydroxyl groups excluding tert-OH is 1. The third kappa shape index (κ3) is 5.09. The molecule has 1 amide bonds. The predicted molar refractivity (Wildman–Crippen MR) is 77.3 cm³/mol. The molecule has 1 rings (SSSR count). The summed E-state index contributed by atoms with van der Waals surface area (Å²) in [5.74, 6) is 1.23. The number of methoxy groups -OCH3 is 2. The zero-order valence-electron chi connectivity index (χ0n) is 12.5. The standard InChI is InChI=1S/C15H23NO4/c1-10(2)5-12(17)9-16-15(18)11-6-13(19-3)8-14(7-11)20-4/h6-8,10,12,17H,5,9H2,1-4H3,(H,16,18). The topological polar surface area (TPSA) is 67.8 Å². The summed E-state index contributed by atoms with van der Waals surface area (Å²) in [4.78, 5) is 12.0. The highest BCUT2D eigenvalue weighted by molar-refractivity contribution is 5.95. The normalized spacial score (nSPS) is 12.1. The van der Waals surface area contributed by atoms with Crippen LogP contribution in [0.4, 0.5) is 0 Å². The van der Waals surface area contributed by atoms with E-state index in [0.29, 0.717) is 29.4 Å². The second-order valence-corrected chi connectivity index (χ2v) is 5.09. The van der Waals surface area contributed by atoms with Gasteiger partial charge < -0.3 is 19.9 Å². The summed E-state index contributed by atoms with van der Waals surface area (Å²) in [5.41, 5.74) is 0.443. The van der Waals surface area contributed by atoms with Crippen molar-refractivity contribution in [1.82, 2.24) is 5.32 Å². The van der Waals surface area contributed by atoms with Crippen LogP contribution in [0.5, 0.6) is 11.5 Å². The molecule has 1 aromatic rings. The van der Waals surface area contributed by atoms with Gasteiger partial charge in [0.25, 0.3) is 5.91 Å². The average molecular weight is 281 g/mol. The molecule has 0 saturated carbocycles. The van der Waals surface area contributed by atoms with Crippen molar-refractivity contribution in [2.45, 2.75) is 26.4 Å². The van der Waals surface area contributed by atoms with Crippen molar-refractivity contribution in [3.8, 4) is 11.5 Å². The fraction of sp³-hybridized carbons (Fsp3) is 0.533. The number of carbonyl (C=O) groups is 1. The van der Waals surface area contributed by atoms with E-state index in [1.807, 2.05) is 13.8 Å². The van der Waals surface area contributed by atoms with Gasteiger partial charge in [-0.3, -0.25) is 4.79 Å². The Balaban J connectivity index is 2.67. The first-order valence-corrected chi connectivity index (χ1v) is 6.65. The third-order valence-electron chi connectivity index (χ3n) is 2.86. The molecular formula is C15H23NO4. The SMILES string of the molecule is COc1cc(OC)cc(C(=O)NCC(O)CC(C)C)c1. The Morgan fingerprint density at radius 2 is 1.75 bits per heavy atom. The Morgan fingerprint density at radius 1 is 1.20 bits per heavy atom. The van der Waals surface area contributed by atoms with Gasteiger partial charge in [-0.05, 0) is 24.5 Å². The molecule has 5 heteroatoms. The number of amides is 1. The van der Waals surface area contributed by atoms with Crippen molar-refractivity contribution < 1.29 is 19.4 Å². The average Bonchev–Trinajstić information content (AvgIpc) is 2.43. The van der Waals surface area contributed by atoms with Crippen LogP contribution in [0.1, 0.15) is 30.6 Å². The van der Waals surface area contributed by atoms with E-state index in [1.165, 1.54) is 14.2 Å². The van der Waals surface area contributed by atoms with Gasteiger partial charge in [-0.15, -0.1) is 0 Å². The van der Waals surface area contributed by atoms with Crippen LogP contribution in [0.3, 0.4) is 0 Å². The zero-order valence-corrected chi connectivity index (χ0v) is 12.5. The largest absolute Gasteiger partial charge is 0.497 e. The summed E-state index contributed by atoms with van der Waals surface area (Å²) in [7, 11) is 3.06. The Bertz CT molecular complexity index is 423. The molecule has 20 heavy (non-hydrogen) atoms. The minimum absolute atomic E-state index is 0.233. The molecule has 2 N–H and O–H groups in total. The summed E-state index contributed by atoms with van der Waals surface area (Å²) in [5, 5.41) is 12.5. The van der Waals surface area contributed by atoms with E-state index in [4.69, 9.17) is 9.47 Å². The van der Waals surface area contributed by atoms with Crippen LogP contribution in [0.25, 0.3) is 0 Å². The van der Waals surface area contributed by atoms with Gasteiger partial charge in [0, 0.05) is 18.2 Å². The van der Waals surface area contributed by atoms with Crippen molar-refractivity contribution in [3.05, 3.63) is 23.8 Å². The first-order chi connectivity index (χ1) is 9.46. The molecule has 0 saturated heterocycles. The maximum Gasteiger partial charge on any atom is 0.251 e. The van der Waals surface area contributed by atoms with E-state index >= 15 is 0 Å². The lowest BCUT2D eigenvalue weighted by Crippen LogP contribution is -2.32. The molecule has 0 heterocycles. The molecule has 0 radical (unpaired) electrons. The lowest BCUT2D eigenvalue weighted by atomic mass is 10.1. The first-order valence-electron chi connectivity index (χ1n) is 6.65. The van der Waals surface area contributed by atoms with Gasteiger partial charge in [0.15, 0.2) is 0 Å². The summed E-state index contributed by atoms with van der Waals surface area (Å²) in [6.07, 6.45) is 0.119. The van der Waals surface area contributed by atoms with Crippen LogP contribution >= 0.6 is 0 Å². The number of carbonyl (C=O) groups excluding carboxylic acids is 1. The van der Waals surface area contributed by atoms with Crippen LogP contribution in [0.2, 0.25) is 0 Å². The molecule has 1 atom stereocenters. The third-order valence-corrected chi connectivity index (χ3v) is 2.86. The highest BCUT2D eigenvalue weighted by Crippen LogP contribution is 2.22. The number of rotatable bonds is 7. The molecule has 5 nitrogen and oxygen atoms in total. The minimum atomic E-state index is -0.536. The van der Waals surface area contributed by atoms with Gasteiger partial charge in [-0.25, -0.2) is 0 Å². The molecule has 1 unspecified atom stereocenters. The van der Waals surface area contributed by atoms with Crippen molar-refractivity contribution in [3.63, 3.8) is 0 Å². The van der Waals surface area contributed by atoms with Gasteiger partial charge >= 0.3 is 0 Å². The van der Waals surface area contributed by atoms with Gasteiger partial charge in [0.2, 0.25) is 0 Å². The fourth-order valence-electron chi connectivity index (χ4n) is 1.88. The maximum atomic E-state index is 12.0. The second-order valence-electron chi connectivity index (χ2n) is 5.09. The summed E-state index contributed by atoms with van der Waals surface area (Å²) < 4.78 is 10.2.